The highest BCUT2D eigenvalue weighted by Gasteiger charge is 2.09. The predicted octanol–water partition coefficient (Wildman–Crippen LogP) is 2.35. The first-order chi connectivity index (χ1) is 13.6. The molecule has 6 heteroatoms. The second kappa shape index (κ2) is 9.32. The molecule has 0 saturated carbocycles. The van der Waals surface area contributed by atoms with Crippen LogP contribution in [0, 0.1) is 0 Å². The molecular weight excluding hydrogens is 354 g/mol. The number of benzene rings is 3. The Bertz CT molecular complexity index is 981. The van der Waals surface area contributed by atoms with E-state index in [-0.39, 0.29) is 37.1 Å². The Morgan fingerprint density at radius 3 is 2.21 bits per heavy atom. The van der Waals surface area contributed by atoms with Crippen LogP contribution in [0.5, 0.6) is 0 Å². The zero-order valence-electron chi connectivity index (χ0n) is 15.3. The van der Waals surface area contributed by atoms with Crippen molar-refractivity contribution in [3.63, 3.8) is 0 Å². The van der Waals surface area contributed by atoms with Crippen LogP contribution in [0.2, 0.25) is 0 Å². The van der Waals surface area contributed by atoms with Gasteiger partial charge in [0.1, 0.15) is 0 Å². The van der Waals surface area contributed by atoms with E-state index in [9.17, 15) is 14.4 Å². The van der Waals surface area contributed by atoms with E-state index in [2.05, 4.69) is 16.2 Å². The van der Waals surface area contributed by atoms with Crippen LogP contribution in [0.3, 0.4) is 0 Å². The highest BCUT2D eigenvalue weighted by molar-refractivity contribution is 5.94. The quantitative estimate of drug-likeness (QED) is 0.578. The average Bonchev–Trinajstić information content (AvgIpc) is 2.73. The van der Waals surface area contributed by atoms with E-state index >= 15 is 0 Å². The Labute approximate surface area is 162 Å². The number of carbonyl (C=O) groups is 3. The SMILES string of the molecule is O=C(CCNC(=O)c1ccccc1)NNC(=O)Cc1cccc2ccccc12. The molecule has 3 aromatic carbocycles. The van der Waals surface area contributed by atoms with E-state index in [1.165, 1.54) is 0 Å². The Morgan fingerprint density at radius 2 is 1.39 bits per heavy atom. The minimum absolute atomic E-state index is 0.0626. The molecule has 0 radical (unpaired) electrons. The van der Waals surface area contributed by atoms with Crippen molar-refractivity contribution in [1.29, 1.82) is 0 Å². The van der Waals surface area contributed by atoms with Crippen LogP contribution >= 0.6 is 0 Å². The highest BCUT2D eigenvalue weighted by atomic mass is 16.2. The zero-order chi connectivity index (χ0) is 19.8. The van der Waals surface area contributed by atoms with Gasteiger partial charge in [0.15, 0.2) is 0 Å². The Hall–Kier alpha value is -3.67. The minimum atomic E-state index is -0.375. The van der Waals surface area contributed by atoms with Gasteiger partial charge in [0.05, 0.1) is 6.42 Å². The molecule has 0 aliphatic carbocycles. The molecule has 0 aromatic heterocycles. The molecule has 3 rings (SSSR count). The Balaban J connectivity index is 1.42. The summed E-state index contributed by atoms with van der Waals surface area (Å²) in [5.41, 5.74) is 6.21. The lowest BCUT2D eigenvalue weighted by atomic mass is 10.0. The molecular formula is C22H21N3O3. The minimum Gasteiger partial charge on any atom is -0.352 e. The van der Waals surface area contributed by atoms with Crippen LogP contribution in [0.4, 0.5) is 0 Å². The number of fused-ring (bicyclic) bond motifs is 1. The lowest BCUT2D eigenvalue weighted by molar-refractivity contribution is -0.128. The van der Waals surface area contributed by atoms with Gasteiger partial charge in [-0.15, -0.1) is 0 Å². The van der Waals surface area contributed by atoms with Crippen molar-refractivity contribution >= 4 is 28.5 Å². The molecule has 0 unspecified atom stereocenters. The molecule has 0 atom stereocenters. The van der Waals surface area contributed by atoms with Gasteiger partial charge in [-0.25, -0.2) is 0 Å². The predicted molar refractivity (Wildman–Crippen MR) is 107 cm³/mol. The molecule has 0 heterocycles. The van der Waals surface area contributed by atoms with Crippen LogP contribution < -0.4 is 16.2 Å². The molecule has 3 N–H and O–H groups in total. The number of carbonyl (C=O) groups excluding carboxylic acids is 3. The Morgan fingerprint density at radius 1 is 0.714 bits per heavy atom. The molecule has 0 saturated heterocycles. The third-order valence-corrected chi connectivity index (χ3v) is 4.25. The van der Waals surface area contributed by atoms with Crippen LogP contribution in [0.1, 0.15) is 22.3 Å². The normalized spacial score (nSPS) is 10.3. The van der Waals surface area contributed by atoms with Gasteiger partial charge in [0.2, 0.25) is 11.8 Å². The first-order valence-electron chi connectivity index (χ1n) is 9.01. The third-order valence-electron chi connectivity index (χ3n) is 4.25. The van der Waals surface area contributed by atoms with Crippen molar-refractivity contribution in [3.05, 3.63) is 83.9 Å². The summed E-state index contributed by atoms with van der Waals surface area (Å²) in [6.45, 7) is 0.179. The van der Waals surface area contributed by atoms with Crippen LogP contribution in [-0.2, 0) is 16.0 Å². The molecule has 3 amide bonds. The molecule has 142 valence electrons. The summed E-state index contributed by atoms with van der Waals surface area (Å²) in [5.74, 6) is -0.925. The summed E-state index contributed by atoms with van der Waals surface area (Å²) < 4.78 is 0. The summed E-state index contributed by atoms with van der Waals surface area (Å²) >= 11 is 0. The molecule has 0 bridgehead atoms. The van der Waals surface area contributed by atoms with Crippen molar-refractivity contribution in [2.75, 3.05) is 6.54 Å². The van der Waals surface area contributed by atoms with Crippen LogP contribution in [0.25, 0.3) is 10.8 Å². The topological polar surface area (TPSA) is 87.3 Å². The molecule has 0 aliphatic rings. The van der Waals surface area contributed by atoms with E-state index in [1.807, 2.05) is 48.5 Å². The largest absolute Gasteiger partial charge is 0.352 e. The lowest BCUT2D eigenvalue weighted by Crippen LogP contribution is -2.43. The molecule has 0 spiro atoms. The van der Waals surface area contributed by atoms with Gasteiger partial charge in [0.25, 0.3) is 5.91 Å². The van der Waals surface area contributed by atoms with Crippen molar-refractivity contribution in [1.82, 2.24) is 16.2 Å². The number of hydrogen-bond donors (Lipinski definition) is 3. The van der Waals surface area contributed by atoms with Crippen molar-refractivity contribution in [2.24, 2.45) is 0 Å². The second-order valence-corrected chi connectivity index (χ2v) is 6.28. The van der Waals surface area contributed by atoms with Crippen LogP contribution in [-0.4, -0.2) is 24.3 Å². The maximum Gasteiger partial charge on any atom is 0.251 e. The van der Waals surface area contributed by atoms with Gasteiger partial charge in [0, 0.05) is 18.5 Å². The standard InChI is InChI=1S/C22H21N3O3/c26-20(13-14-23-22(28)17-8-2-1-3-9-17)24-25-21(27)15-18-11-6-10-16-7-4-5-12-19(16)18/h1-12H,13-15H2,(H,23,28)(H,24,26)(H,25,27). The smallest absolute Gasteiger partial charge is 0.251 e. The number of hydrazine groups is 1. The third kappa shape index (κ3) is 5.17. The van der Waals surface area contributed by atoms with Gasteiger partial charge in [-0.1, -0.05) is 60.7 Å². The van der Waals surface area contributed by atoms with E-state index in [1.54, 1.807) is 24.3 Å². The van der Waals surface area contributed by atoms with Crippen molar-refractivity contribution < 1.29 is 14.4 Å². The summed E-state index contributed by atoms with van der Waals surface area (Å²) in [4.78, 5) is 35.9. The maximum absolute atomic E-state index is 12.1. The molecule has 6 nitrogen and oxygen atoms in total. The van der Waals surface area contributed by atoms with Gasteiger partial charge in [-0.05, 0) is 28.5 Å². The first-order valence-corrected chi connectivity index (χ1v) is 9.01. The molecule has 28 heavy (non-hydrogen) atoms. The van der Waals surface area contributed by atoms with Gasteiger partial charge in [-0.2, -0.15) is 0 Å². The maximum atomic E-state index is 12.1. The fourth-order valence-corrected chi connectivity index (χ4v) is 2.85. The summed E-state index contributed by atoms with van der Waals surface area (Å²) in [6.07, 6.45) is 0.222. The average molecular weight is 375 g/mol. The fraction of sp³-hybridized carbons (Fsp3) is 0.136. The van der Waals surface area contributed by atoms with Crippen molar-refractivity contribution in [2.45, 2.75) is 12.8 Å². The summed E-state index contributed by atoms with van der Waals surface area (Å²) in [5, 5.41) is 4.74. The number of hydrogen-bond acceptors (Lipinski definition) is 3. The van der Waals surface area contributed by atoms with E-state index in [4.69, 9.17) is 0 Å². The monoisotopic (exact) mass is 375 g/mol. The summed E-state index contributed by atoms with van der Waals surface area (Å²) in [6, 6.07) is 22.4. The van der Waals surface area contributed by atoms with Gasteiger partial charge in [-0.3, -0.25) is 25.2 Å². The lowest BCUT2D eigenvalue weighted by Gasteiger charge is -2.10. The number of nitrogens with one attached hydrogen (secondary N) is 3. The van der Waals surface area contributed by atoms with E-state index in [0.29, 0.717) is 5.56 Å². The number of amides is 3. The van der Waals surface area contributed by atoms with E-state index < -0.39 is 0 Å². The molecule has 3 aromatic rings. The Kier molecular flexibility index (Phi) is 6.36. The van der Waals surface area contributed by atoms with E-state index in [0.717, 1.165) is 16.3 Å². The first kappa shape index (κ1) is 19.1. The summed E-state index contributed by atoms with van der Waals surface area (Å²) in [7, 11) is 0. The van der Waals surface area contributed by atoms with Gasteiger partial charge < -0.3 is 5.32 Å². The molecule has 0 aliphatic heterocycles. The fourth-order valence-electron chi connectivity index (χ4n) is 2.85. The van der Waals surface area contributed by atoms with Crippen LogP contribution in [0.15, 0.2) is 72.8 Å². The second-order valence-electron chi connectivity index (χ2n) is 6.28. The van der Waals surface area contributed by atoms with Gasteiger partial charge >= 0.3 is 0 Å². The highest BCUT2D eigenvalue weighted by Crippen LogP contribution is 2.18. The molecule has 0 fully saturated rings. The zero-order valence-corrected chi connectivity index (χ0v) is 15.3. The number of rotatable bonds is 6. The van der Waals surface area contributed by atoms with Crippen molar-refractivity contribution in [3.8, 4) is 0 Å².